The number of hydrogen-bond acceptors (Lipinski definition) is 5. The van der Waals surface area contributed by atoms with E-state index in [1.807, 2.05) is 34.7 Å². The number of halogens is 3. The second-order valence-corrected chi connectivity index (χ2v) is 11.8. The first-order chi connectivity index (χ1) is 20.0. The van der Waals surface area contributed by atoms with Gasteiger partial charge in [0, 0.05) is 51.0 Å². The molecule has 0 N–H and O–H groups in total. The predicted molar refractivity (Wildman–Crippen MR) is 151 cm³/mol. The van der Waals surface area contributed by atoms with Crippen LogP contribution in [-0.2, 0) is 36.5 Å². The molecule has 0 atom stereocenters. The number of aryl methyl sites for hydroxylation is 1. The zero-order valence-electron chi connectivity index (χ0n) is 23.7. The molecule has 1 saturated heterocycles. The van der Waals surface area contributed by atoms with Gasteiger partial charge in [0.15, 0.2) is 0 Å². The van der Waals surface area contributed by atoms with Gasteiger partial charge < -0.3 is 14.4 Å². The number of benzene rings is 2. The van der Waals surface area contributed by atoms with E-state index in [4.69, 9.17) is 0 Å². The summed E-state index contributed by atoms with van der Waals surface area (Å²) in [6, 6.07) is 10.3. The summed E-state index contributed by atoms with van der Waals surface area (Å²) >= 11 is 0. The molecule has 0 radical (unpaired) electrons. The summed E-state index contributed by atoms with van der Waals surface area (Å²) in [7, 11) is 1.90. The topological polar surface area (TPSA) is 74.6 Å². The van der Waals surface area contributed by atoms with E-state index >= 15 is 0 Å². The van der Waals surface area contributed by atoms with E-state index in [1.54, 1.807) is 23.4 Å². The van der Waals surface area contributed by atoms with Gasteiger partial charge in [-0.25, -0.2) is 0 Å². The fraction of sp³-hybridized carbons (Fsp3) is 0.419. The molecule has 1 saturated carbocycles. The van der Waals surface area contributed by atoms with Crippen molar-refractivity contribution >= 4 is 17.5 Å². The number of piperazine rings is 1. The number of fused-ring (bicyclic) bond motifs is 1. The molecular weight excluding hydrogens is 545 g/mol. The highest BCUT2D eigenvalue weighted by molar-refractivity contribution is 6.10. The van der Waals surface area contributed by atoms with Gasteiger partial charge in [0.1, 0.15) is 12.2 Å². The number of hydrogen-bond donors (Lipinski definition) is 0. The van der Waals surface area contributed by atoms with E-state index in [0.717, 1.165) is 24.2 Å². The van der Waals surface area contributed by atoms with E-state index in [0.29, 0.717) is 43.3 Å². The Morgan fingerprint density at radius 2 is 1.88 bits per heavy atom. The average Bonchev–Trinajstić information content (AvgIpc) is 3.53. The molecule has 3 heterocycles. The maximum atomic E-state index is 14.3. The van der Waals surface area contributed by atoms with Crippen LogP contribution in [0.15, 0.2) is 55.4 Å². The lowest BCUT2D eigenvalue weighted by Gasteiger charge is -2.46. The molecule has 0 spiro atoms. The Kier molecular flexibility index (Phi) is 6.95. The van der Waals surface area contributed by atoms with Crippen molar-refractivity contribution in [2.75, 3.05) is 31.1 Å². The molecule has 2 fully saturated rings. The van der Waals surface area contributed by atoms with Crippen molar-refractivity contribution < 1.29 is 22.8 Å². The van der Waals surface area contributed by atoms with Crippen molar-refractivity contribution in [3.05, 3.63) is 89.0 Å². The van der Waals surface area contributed by atoms with Crippen LogP contribution in [0.4, 0.5) is 18.9 Å². The second-order valence-electron chi connectivity index (χ2n) is 11.8. The van der Waals surface area contributed by atoms with Gasteiger partial charge in [0.25, 0.3) is 5.91 Å². The quantitative estimate of drug-likeness (QED) is 0.402. The Bertz CT molecular complexity index is 1550. The molecule has 2 aliphatic heterocycles. The zero-order chi connectivity index (χ0) is 29.8. The zero-order valence-corrected chi connectivity index (χ0v) is 23.7. The second kappa shape index (κ2) is 10.4. The number of anilines is 1. The molecule has 42 heavy (non-hydrogen) atoms. The summed E-state index contributed by atoms with van der Waals surface area (Å²) in [5, 5.41) is 8.46. The van der Waals surface area contributed by atoms with Crippen molar-refractivity contribution in [3.63, 3.8) is 0 Å². The fourth-order valence-corrected chi connectivity index (χ4v) is 6.90. The van der Waals surface area contributed by atoms with Crippen LogP contribution in [0, 0.1) is 5.92 Å². The summed E-state index contributed by atoms with van der Waals surface area (Å²) in [4.78, 5) is 30.7. The van der Waals surface area contributed by atoms with Crippen molar-refractivity contribution in [1.82, 2.24) is 24.6 Å². The Balaban J connectivity index is 1.29. The van der Waals surface area contributed by atoms with E-state index in [2.05, 4.69) is 23.7 Å². The summed E-state index contributed by atoms with van der Waals surface area (Å²) in [6.07, 6.45) is 0.0663. The summed E-state index contributed by atoms with van der Waals surface area (Å²) in [5.41, 5.74) is 0.926. The first kappa shape index (κ1) is 28.1. The normalized spacial score (nSPS) is 22.7. The molecule has 0 bridgehead atoms. The van der Waals surface area contributed by atoms with E-state index < -0.39 is 17.6 Å². The molecule has 2 aromatic carbocycles. The van der Waals surface area contributed by atoms with Crippen LogP contribution in [0.25, 0.3) is 0 Å². The van der Waals surface area contributed by atoms with Gasteiger partial charge in [-0.05, 0) is 65.8 Å². The van der Waals surface area contributed by atoms with Crippen LogP contribution in [0.1, 0.15) is 58.2 Å². The third kappa shape index (κ3) is 4.79. The fourth-order valence-electron chi connectivity index (χ4n) is 6.90. The molecule has 0 unspecified atom stereocenters. The minimum atomic E-state index is -4.61. The number of aromatic nitrogens is 3. The maximum Gasteiger partial charge on any atom is 0.416 e. The van der Waals surface area contributed by atoms with Gasteiger partial charge in [-0.1, -0.05) is 25.6 Å². The number of carbonyl (C=O) groups excluding carboxylic acids is 2. The molecule has 6 rings (SSSR count). The lowest BCUT2D eigenvalue weighted by Crippen LogP contribution is -2.47. The highest BCUT2D eigenvalue weighted by Gasteiger charge is 2.48. The molecule has 220 valence electrons. The molecule has 2 amide bonds. The SMILES string of the molecule is C=CC(=O)N1CCN(Cc2cc3c(c(C(F)(F)F)c2)CN(c2cccc(C4(c5nncn5C)CC(C)C4)c2)C3=O)CC1. The number of amides is 2. The van der Waals surface area contributed by atoms with Crippen LogP contribution in [0.3, 0.4) is 0 Å². The molecule has 3 aliphatic rings. The highest BCUT2D eigenvalue weighted by atomic mass is 19.4. The van der Waals surface area contributed by atoms with Crippen LogP contribution in [-0.4, -0.2) is 62.6 Å². The summed E-state index contributed by atoms with van der Waals surface area (Å²) in [6.45, 7) is 7.79. The molecular formula is C31H33F3N6O2. The smallest absolute Gasteiger partial charge is 0.337 e. The molecule has 1 aliphatic carbocycles. The lowest BCUT2D eigenvalue weighted by atomic mass is 9.58. The number of nitrogens with zero attached hydrogens (tertiary/aromatic N) is 6. The maximum absolute atomic E-state index is 14.3. The summed E-state index contributed by atoms with van der Waals surface area (Å²) < 4.78 is 44.9. The van der Waals surface area contributed by atoms with E-state index in [9.17, 15) is 22.8 Å². The van der Waals surface area contributed by atoms with Gasteiger partial charge in [0.05, 0.1) is 17.5 Å². The van der Waals surface area contributed by atoms with Gasteiger partial charge in [-0.2, -0.15) is 13.2 Å². The number of carbonyl (C=O) groups is 2. The van der Waals surface area contributed by atoms with Crippen LogP contribution >= 0.6 is 0 Å². The first-order valence-electron chi connectivity index (χ1n) is 14.1. The van der Waals surface area contributed by atoms with Crippen LogP contribution < -0.4 is 4.90 Å². The Labute approximate surface area is 242 Å². The molecule has 1 aromatic heterocycles. The summed E-state index contributed by atoms with van der Waals surface area (Å²) in [5.74, 6) is 0.731. The van der Waals surface area contributed by atoms with Gasteiger partial charge in [-0.3, -0.25) is 14.5 Å². The van der Waals surface area contributed by atoms with Crippen molar-refractivity contribution in [3.8, 4) is 0 Å². The first-order valence-corrected chi connectivity index (χ1v) is 14.1. The largest absolute Gasteiger partial charge is 0.416 e. The van der Waals surface area contributed by atoms with Crippen LogP contribution in [0.5, 0.6) is 0 Å². The Morgan fingerprint density at radius 3 is 2.50 bits per heavy atom. The Hall–Kier alpha value is -3.99. The van der Waals surface area contributed by atoms with Crippen LogP contribution in [0.2, 0.25) is 0 Å². The van der Waals surface area contributed by atoms with Crippen molar-refractivity contribution in [2.45, 2.75) is 44.4 Å². The standard InChI is InChI=1S/C31H33F3N6O2/c1-4-27(41)39-10-8-38(9-11-39)17-21-12-24-25(26(13-21)31(32,33)34)18-40(28(24)42)23-7-5-6-22(14-23)30(15-20(2)16-30)29-36-35-19-37(29)3/h4-7,12-14,19-20H,1,8-11,15-18H2,2-3H3. The third-order valence-corrected chi connectivity index (χ3v) is 8.92. The lowest BCUT2D eigenvalue weighted by molar-refractivity contribution is -0.138. The van der Waals surface area contributed by atoms with Gasteiger partial charge in [-0.15, -0.1) is 10.2 Å². The van der Waals surface area contributed by atoms with Crippen molar-refractivity contribution in [1.29, 1.82) is 0 Å². The minimum Gasteiger partial charge on any atom is -0.337 e. The molecule has 8 nitrogen and oxygen atoms in total. The predicted octanol–water partition coefficient (Wildman–Crippen LogP) is 4.54. The van der Waals surface area contributed by atoms with E-state index in [-0.39, 0.29) is 35.5 Å². The van der Waals surface area contributed by atoms with Crippen molar-refractivity contribution in [2.24, 2.45) is 13.0 Å². The highest BCUT2D eigenvalue weighted by Crippen LogP contribution is 2.52. The molecule has 3 aromatic rings. The number of alkyl halides is 3. The number of rotatable bonds is 6. The van der Waals surface area contributed by atoms with E-state index in [1.165, 1.54) is 17.0 Å². The van der Waals surface area contributed by atoms with Gasteiger partial charge >= 0.3 is 6.18 Å². The minimum absolute atomic E-state index is 0.00309. The van der Waals surface area contributed by atoms with Gasteiger partial charge in [0.2, 0.25) is 5.91 Å². The average molecular weight is 579 g/mol. The monoisotopic (exact) mass is 578 g/mol. The third-order valence-electron chi connectivity index (χ3n) is 8.92. The molecule has 11 heteroatoms. The Morgan fingerprint density at radius 1 is 1.14 bits per heavy atom.